The molecule has 0 spiro atoms. The summed E-state index contributed by atoms with van der Waals surface area (Å²) in [7, 11) is 0. The van der Waals surface area contributed by atoms with Crippen molar-refractivity contribution in [3.63, 3.8) is 0 Å². The summed E-state index contributed by atoms with van der Waals surface area (Å²) < 4.78 is 5.48. The Bertz CT molecular complexity index is 970. The minimum absolute atomic E-state index is 0.0157. The maximum absolute atomic E-state index is 12.4. The van der Waals surface area contributed by atoms with Gasteiger partial charge in [-0.2, -0.15) is 0 Å². The average molecular weight is 919 g/mol. The van der Waals surface area contributed by atoms with Gasteiger partial charge in [0, 0.05) is 12.8 Å². The van der Waals surface area contributed by atoms with Crippen molar-refractivity contribution in [3.05, 3.63) is 12.2 Å². The number of hydrogen-bond acceptors (Lipinski definition) is 5. The molecule has 0 saturated heterocycles. The molecule has 0 radical (unpaired) electrons. The molecule has 2 unspecified atom stereocenters. The number of nitrogens with one attached hydrogen (secondary N) is 1. The third-order valence-electron chi connectivity index (χ3n) is 13.8. The Balaban J connectivity index is 3.37. The van der Waals surface area contributed by atoms with Crippen LogP contribution in [0.3, 0.4) is 0 Å². The van der Waals surface area contributed by atoms with E-state index in [0.29, 0.717) is 19.4 Å². The van der Waals surface area contributed by atoms with Crippen molar-refractivity contribution in [3.8, 4) is 0 Å². The third-order valence-corrected chi connectivity index (χ3v) is 13.8. The van der Waals surface area contributed by atoms with Gasteiger partial charge in [0.2, 0.25) is 5.91 Å². The molecule has 386 valence electrons. The Morgan fingerprint density at radius 1 is 0.415 bits per heavy atom. The van der Waals surface area contributed by atoms with Gasteiger partial charge in [-0.3, -0.25) is 9.59 Å². The number of carbonyl (C=O) groups is 2. The quantitative estimate of drug-likeness (QED) is 0.0321. The molecule has 0 aliphatic carbocycles. The molecular formula is C59H115NO5. The summed E-state index contributed by atoms with van der Waals surface area (Å²) in [4.78, 5) is 24.5. The fraction of sp³-hybridized carbons (Fsp3) is 0.932. The molecule has 2 atom stereocenters. The first-order valence-corrected chi connectivity index (χ1v) is 29.5. The van der Waals surface area contributed by atoms with Crippen LogP contribution in [0.1, 0.15) is 328 Å². The second-order valence-corrected chi connectivity index (χ2v) is 20.3. The fourth-order valence-electron chi connectivity index (χ4n) is 9.28. The summed E-state index contributed by atoms with van der Waals surface area (Å²) in [6, 6.07) is -0.625. The number of allylic oxidation sites excluding steroid dienone is 1. The Morgan fingerprint density at radius 2 is 0.708 bits per heavy atom. The van der Waals surface area contributed by atoms with Gasteiger partial charge in [0.25, 0.3) is 0 Å². The number of hydrogen-bond donors (Lipinski definition) is 3. The van der Waals surface area contributed by atoms with E-state index in [2.05, 4.69) is 19.2 Å². The summed E-state index contributed by atoms with van der Waals surface area (Å²) in [5.74, 6) is -0.0511. The number of ether oxygens (including phenoxy) is 1. The largest absolute Gasteiger partial charge is 0.466 e. The van der Waals surface area contributed by atoms with Crippen LogP contribution in [0.5, 0.6) is 0 Å². The first-order chi connectivity index (χ1) is 32.0. The van der Waals surface area contributed by atoms with Crippen LogP contribution >= 0.6 is 0 Å². The van der Waals surface area contributed by atoms with E-state index in [9.17, 15) is 19.8 Å². The SMILES string of the molecule is CCCCCCCCCCCC/C=C/C(O)C(CO)NC(=O)CCCCCCCCCCCCCCCCCCCCCCCCCOC(=O)CCCCCCCCCCCCCCC. The van der Waals surface area contributed by atoms with E-state index in [0.717, 1.165) is 38.5 Å². The maximum Gasteiger partial charge on any atom is 0.305 e. The smallest absolute Gasteiger partial charge is 0.305 e. The maximum atomic E-state index is 12.4. The van der Waals surface area contributed by atoms with Gasteiger partial charge < -0.3 is 20.3 Å². The van der Waals surface area contributed by atoms with Crippen LogP contribution in [0, 0.1) is 0 Å². The lowest BCUT2D eigenvalue weighted by atomic mass is 10.0. The molecule has 0 bridgehead atoms. The highest BCUT2D eigenvalue weighted by Crippen LogP contribution is 2.18. The highest BCUT2D eigenvalue weighted by atomic mass is 16.5. The summed E-state index contributed by atoms with van der Waals surface area (Å²) in [5, 5.41) is 23.0. The molecule has 6 heteroatoms. The summed E-state index contributed by atoms with van der Waals surface area (Å²) in [6.07, 6.45) is 65.3. The summed E-state index contributed by atoms with van der Waals surface area (Å²) in [6.45, 7) is 4.91. The number of rotatable bonds is 55. The highest BCUT2D eigenvalue weighted by Gasteiger charge is 2.18. The van der Waals surface area contributed by atoms with Crippen LogP contribution in [0.25, 0.3) is 0 Å². The molecule has 0 heterocycles. The number of aliphatic hydroxyl groups is 2. The number of esters is 1. The lowest BCUT2D eigenvalue weighted by molar-refractivity contribution is -0.143. The van der Waals surface area contributed by atoms with Crippen LogP contribution in [-0.2, 0) is 14.3 Å². The number of aliphatic hydroxyl groups excluding tert-OH is 2. The lowest BCUT2D eigenvalue weighted by Gasteiger charge is -2.20. The van der Waals surface area contributed by atoms with Crippen molar-refractivity contribution in [1.29, 1.82) is 0 Å². The molecule has 65 heavy (non-hydrogen) atoms. The van der Waals surface area contributed by atoms with Crippen molar-refractivity contribution in [1.82, 2.24) is 5.32 Å². The van der Waals surface area contributed by atoms with E-state index in [1.807, 2.05) is 6.08 Å². The monoisotopic (exact) mass is 918 g/mol. The Morgan fingerprint density at radius 3 is 1.05 bits per heavy atom. The molecule has 0 aromatic rings. The van der Waals surface area contributed by atoms with Crippen molar-refractivity contribution in [2.45, 2.75) is 341 Å². The zero-order valence-corrected chi connectivity index (χ0v) is 44.0. The minimum atomic E-state index is -0.842. The highest BCUT2D eigenvalue weighted by molar-refractivity contribution is 5.76. The molecule has 0 aliphatic heterocycles. The average Bonchev–Trinajstić information content (AvgIpc) is 3.31. The van der Waals surface area contributed by atoms with Crippen molar-refractivity contribution in [2.75, 3.05) is 13.2 Å². The van der Waals surface area contributed by atoms with E-state index in [4.69, 9.17) is 4.74 Å². The van der Waals surface area contributed by atoms with Crippen LogP contribution in [0.4, 0.5) is 0 Å². The second-order valence-electron chi connectivity index (χ2n) is 20.3. The van der Waals surface area contributed by atoms with Gasteiger partial charge in [-0.25, -0.2) is 0 Å². The fourth-order valence-corrected chi connectivity index (χ4v) is 9.28. The second kappa shape index (κ2) is 55.2. The molecule has 0 aromatic heterocycles. The van der Waals surface area contributed by atoms with Gasteiger partial charge in [0.15, 0.2) is 0 Å². The molecule has 0 aromatic carbocycles. The lowest BCUT2D eigenvalue weighted by Crippen LogP contribution is -2.45. The predicted octanol–water partition coefficient (Wildman–Crippen LogP) is 18.1. The van der Waals surface area contributed by atoms with Crippen LogP contribution in [0.15, 0.2) is 12.2 Å². The van der Waals surface area contributed by atoms with Crippen molar-refractivity contribution in [2.24, 2.45) is 0 Å². The Kier molecular flexibility index (Phi) is 54.0. The zero-order valence-electron chi connectivity index (χ0n) is 44.0. The molecular weight excluding hydrogens is 803 g/mol. The molecule has 0 saturated carbocycles. The van der Waals surface area contributed by atoms with Crippen LogP contribution < -0.4 is 5.32 Å². The van der Waals surface area contributed by atoms with E-state index >= 15 is 0 Å². The van der Waals surface area contributed by atoms with Gasteiger partial charge in [-0.05, 0) is 32.1 Å². The van der Waals surface area contributed by atoms with E-state index in [1.165, 1.54) is 263 Å². The van der Waals surface area contributed by atoms with Gasteiger partial charge in [-0.15, -0.1) is 0 Å². The van der Waals surface area contributed by atoms with Gasteiger partial charge in [0.1, 0.15) is 0 Å². The van der Waals surface area contributed by atoms with E-state index in [1.54, 1.807) is 6.08 Å². The van der Waals surface area contributed by atoms with Crippen molar-refractivity contribution >= 4 is 11.9 Å². The van der Waals surface area contributed by atoms with Gasteiger partial charge >= 0.3 is 5.97 Å². The van der Waals surface area contributed by atoms with Gasteiger partial charge in [0.05, 0.1) is 25.4 Å². The van der Waals surface area contributed by atoms with Crippen LogP contribution in [0.2, 0.25) is 0 Å². The number of amides is 1. The third kappa shape index (κ3) is 51.8. The number of unbranched alkanes of at least 4 members (excludes halogenated alkanes) is 44. The van der Waals surface area contributed by atoms with Crippen molar-refractivity contribution < 1.29 is 24.5 Å². The molecule has 0 aliphatic rings. The first kappa shape index (κ1) is 63.6. The summed E-state index contributed by atoms with van der Waals surface area (Å²) >= 11 is 0. The minimum Gasteiger partial charge on any atom is -0.466 e. The van der Waals surface area contributed by atoms with E-state index in [-0.39, 0.29) is 18.5 Å². The molecule has 3 N–H and O–H groups in total. The topological polar surface area (TPSA) is 95.9 Å². The molecule has 0 rings (SSSR count). The first-order valence-electron chi connectivity index (χ1n) is 29.5. The molecule has 0 fully saturated rings. The Labute approximate surface area is 406 Å². The summed E-state index contributed by atoms with van der Waals surface area (Å²) in [5.41, 5.74) is 0. The van der Waals surface area contributed by atoms with Crippen LogP contribution in [-0.4, -0.2) is 47.4 Å². The van der Waals surface area contributed by atoms with E-state index < -0.39 is 12.1 Å². The standard InChI is InChI=1S/C59H115NO5/c1-3-5-7-9-11-13-15-28-33-37-41-45-49-53-59(64)65-54-50-46-42-38-34-30-27-25-23-21-19-17-18-20-22-24-26-29-32-36-40-44-48-52-58(63)60-56(55-61)57(62)51-47-43-39-35-31-16-14-12-10-8-6-4-2/h47,51,56-57,61-62H,3-46,48-50,52-55H2,1-2H3,(H,60,63)/b51-47+. The predicted molar refractivity (Wildman–Crippen MR) is 283 cm³/mol. The number of carbonyl (C=O) groups excluding carboxylic acids is 2. The zero-order chi connectivity index (χ0) is 47.2. The molecule has 6 nitrogen and oxygen atoms in total. The Hall–Kier alpha value is -1.40. The van der Waals surface area contributed by atoms with Gasteiger partial charge in [-0.1, -0.05) is 296 Å². The normalized spacial score (nSPS) is 12.6. The molecule has 1 amide bonds.